The summed E-state index contributed by atoms with van der Waals surface area (Å²) in [6.07, 6.45) is 2.99. The van der Waals surface area contributed by atoms with E-state index >= 15 is 0 Å². The molecule has 3 N–H and O–H groups in total. The molecule has 2 saturated heterocycles. The lowest BCUT2D eigenvalue weighted by atomic mass is 9.98. The number of phenolic OH excluding ortho intramolecular Hbond substituents is 1. The molecule has 0 saturated carbocycles. The molecule has 3 heterocycles. The second-order valence-corrected chi connectivity index (χ2v) is 11.2. The van der Waals surface area contributed by atoms with Crippen LogP contribution in [-0.2, 0) is 29.1 Å². The molecule has 232 valence electrons. The summed E-state index contributed by atoms with van der Waals surface area (Å²) >= 11 is 0. The molecule has 6 rings (SSSR count). The fourth-order valence-corrected chi connectivity index (χ4v) is 6.17. The molecule has 0 spiro atoms. The Balaban J connectivity index is 1.36. The van der Waals surface area contributed by atoms with Gasteiger partial charge in [0.05, 0.1) is 20.2 Å². The van der Waals surface area contributed by atoms with E-state index in [4.69, 9.17) is 4.74 Å². The van der Waals surface area contributed by atoms with Gasteiger partial charge >= 0.3 is 6.03 Å². The Kier molecular flexibility index (Phi) is 8.43. The Bertz CT molecular complexity index is 1710. The summed E-state index contributed by atoms with van der Waals surface area (Å²) in [6, 6.07) is 20.7. The average molecular weight is 609 g/mol. The van der Waals surface area contributed by atoms with E-state index < -0.39 is 12.2 Å². The van der Waals surface area contributed by atoms with Gasteiger partial charge in [-0.05, 0) is 47.0 Å². The summed E-state index contributed by atoms with van der Waals surface area (Å²) < 4.78 is 5.44. The predicted octanol–water partition coefficient (Wildman–Crippen LogP) is 3.62. The second-order valence-electron chi connectivity index (χ2n) is 11.2. The molecule has 11 heteroatoms. The Hall–Kier alpha value is -5.29. The normalized spacial score (nSPS) is 18.6. The number of urea groups is 1. The van der Waals surface area contributed by atoms with Crippen molar-refractivity contribution in [2.24, 2.45) is 0 Å². The van der Waals surface area contributed by atoms with Crippen LogP contribution in [0.1, 0.15) is 16.7 Å². The van der Waals surface area contributed by atoms with Crippen LogP contribution < -0.4 is 10.1 Å². The number of piperazine rings is 1. The van der Waals surface area contributed by atoms with E-state index in [1.165, 1.54) is 0 Å². The molecule has 2 fully saturated rings. The zero-order valence-electron chi connectivity index (χ0n) is 25.1. The Morgan fingerprint density at radius 1 is 1.09 bits per heavy atom. The van der Waals surface area contributed by atoms with Gasteiger partial charge in [-0.15, -0.1) is 6.58 Å². The molecule has 2 unspecified atom stereocenters. The van der Waals surface area contributed by atoms with Crippen LogP contribution in [0.15, 0.2) is 91.6 Å². The maximum Gasteiger partial charge on any atom is 0.334 e. The number of nitrogens with one attached hydrogen (secondary N) is 2. The molecule has 2 atom stereocenters. The number of benzene rings is 3. The summed E-state index contributed by atoms with van der Waals surface area (Å²) in [7, 11) is 1.61. The number of hydrazine groups is 1. The molecule has 4 amide bonds. The number of H-pyrrole nitrogens is 1. The number of aromatic hydroxyl groups is 1. The molecular formula is C34H36N6O5. The quantitative estimate of drug-likeness (QED) is 0.250. The van der Waals surface area contributed by atoms with Gasteiger partial charge in [-0.1, -0.05) is 48.5 Å². The van der Waals surface area contributed by atoms with Gasteiger partial charge in [0.15, 0.2) is 0 Å². The zero-order chi connectivity index (χ0) is 31.5. The van der Waals surface area contributed by atoms with Crippen LogP contribution >= 0.6 is 0 Å². The number of carbonyl (C=O) groups excluding carboxylic acids is 3. The Morgan fingerprint density at radius 2 is 1.87 bits per heavy atom. The highest BCUT2D eigenvalue weighted by Crippen LogP contribution is 2.31. The summed E-state index contributed by atoms with van der Waals surface area (Å²) in [6.45, 7) is 4.71. The fraction of sp³-hybridized carbons (Fsp3) is 0.265. The van der Waals surface area contributed by atoms with Gasteiger partial charge in [0, 0.05) is 43.2 Å². The van der Waals surface area contributed by atoms with Gasteiger partial charge in [0.25, 0.3) is 0 Å². The average Bonchev–Trinajstić information content (AvgIpc) is 3.45. The van der Waals surface area contributed by atoms with E-state index in [-0.39, 0.29) is 56.2 Å². The zero-order valence-corrected chi connectivity index (χ0v) is 25.1. The number of amides is 4. The van der Waals surface area contributed by atoms with Crippen LogP contribution in [0.4, 0.5) is 4.79 Å². The number of fused-ring (bicyclic) bond motifs is 2. The molecule has 2 aliphatic heterocycles. The van der Waals surface area contributed by atoms with Crippen LogP contribution in [-0.4, -0.2) is 86.7 Å². The molecule has 4 aromatic rings. The molecule has 0 radical (unpaired) electrons. The van der Waals surface area contributed by atoms with Gasteiger partial charge in [-0.3, -0.25) is 9.59 Å². The largest absolute Gasteiger partial charge is 0.508 e. The molecule has 45 heavy (non-hydrogen) atoms. The number of aromatic amines is 1. The number of rotatable bonds is 9. The van der Waals surface area contributed by atoms with Crippen molar-refractivity contribution in [3.63, 3.8) is 0 Å². The smallest absolute Gasteiger partial charge is 0.334 e. The maximum absolute atomic E-state index is 14.3. The fourth-order valence-electron chi connectivity index (χ4n) is 6.17. The van der Waals surface area contributed by atoms with E-state index in [2.05, 4.69) is 16.9 Å². The van der Waals surface area contributed by atoms with E-state index in [1.807, 2.05) is 54.7 Å². The summed E-state index contributed by atoms with van der Waals surface area (Å²) in [5.41, 5.74) is 3.51. The molecule has 0 bridgehead atoms. The number of nitrogens with zero attached hydrogens (tertiary/aromatic N) is 4. The Labute approximate surface area is 261 Å². The number of hydrogen-bond acceptors (Lipinski definition) is 6. The highest BCUT2D eigenvalue weighted by atomic mass is 16.5. The third kappa shape index (κ3) is 6.07. The van der Waals surface area contributed by atoms with Crippen LogP contribution in [0.2, 0.25) is 0 Å². The first-order valence-electron chi connectivity index (χ1n) is 14.8. The van der Waals surface area contributed by atoms with Crippen LogP contribution in [0, 0.1) is 0 Å². The topological polar surface area (TPSA) is 121 Å². The van der Waals surface area contributed by atoms with Crippen molar-refractivity contribution in [3.05, 3.63) is 108 Å². The van der Waals surface area contributed by atoms with Gasteiger partial charge in [0.2, 0.25) is 11.8 Å². The Morgan fingerprint density at radius 3 is 2.60 bits per heavy atom. The van der Waals surface area contributed by atoms with E-state index in [0.717, 1.165) is 27.6 Å². The minimum absolute atomic E-state index is 0.0805. The number of methoxy groups -OCH3 is 1. The first-order chi connectivity index (χ1) is 21.9. The highest BCUT2D eigenvalue weighted by Gasteiger charge is 2.51. The summed E-state index contributed by atoms with van der Waals surface area (Å²) in [4.78, 5) is 48.5. The number of ether oxygens (including phenoxy) is 1. The van der Waals surface area contributed by atoms with E-state index in [9.17, 15) is 19.5 Å². The number of carbonyl (C=O) groups is 3. The standard InChI is InChI=1S/C34H36N6O5/c1-3-15-38-22-32(42)39-30(16-23-9-11-26(41)12-10-23)33(43)37(20-25-19-35-29-14-13-27(45-2)17-28(25)29)21-31(39)40(38)34(44)36-18-24-7-5-4-6-8-24/h3-14,17,19,30-31,35,41H,1,15-16,18,20-22H2,2H3,(H,36,44). The van der Waals surface area contributed by atoms with Crippen molar-refractivity contribution in [1.29, 1.82) is 0 Å². The minimum atomic E-state index is -0.865. The van der Waals surface area contributed by atoms with E-state index in [1.54, 1.807) is 57.3 Å². The summed E-state index contributed by atoms with van der Waals surface area (Å²) in [5, 5.41) is 17.0. The van der Waals surface area contributed by atoms with Crippen LogP contribution in [0.25, 0.3) is 10.9 Å². The third-order valence-corrected chi connectivity index (χ3v) is 8.37. The van der Waals surface area contributed by atoms with Crippen molar-refractivity contribution in [2.75, 3.05) is 26.7 Å². The molecule has 2 aliphatic rings. The summed E-state index contributed by atoms with van der Waals surface area (Å²) in [5.74, 6) is 0.344. The second kappa shape index (κ2) is 12.7. The van der Waals surface area contributed by atoms with Gasteiger partial charge < -0.3 is 29.9 Å². The predicted molar refractivity (Wildman–Crippen MR) is 169 cm³/mol. The van der Waals surface area contributed by atoms with Gasteiger partial charge in [-0.2, -0.15) is 0 Å². The minimum Gasteiger partial charge on any atom is -0.508 e. The lowest BCUT2D eigenvalue weighted by Crippen LogP contribution is -2.76. The van der Waals surface area contributed by atoms with Crippen LogP contribution in [0.3, 0.4) is 0 Å². The van der Waals surface area contributed by atoms with Crippen molar-refractivity contribution in [1.82, 2.24) is 30.1 Å². The van der Waals surface area contributed by atoms with Crippen molar-refractivity contribution in [2.45, 2.75) is 31.7 Å². The first-order valence-corrected chi connectivity index (χ1v) is 14.8. The number of phenols is 1. The maximum atomic E-state index is 14.3. The lowest BCUT2D eigenvalue weighted by molar-refractivity contribution is -0.189. The molecule has 0 aliphatic carbocycles. The lowest BCUT2D eigenvalue weighted by Gasteiger charge is -2.55. The SMILES string of the molecule is C=CCN1CC(=O)N2C(Cc3ccc(O)cc3)C(=O)N(Cc3c[nH]c4ccc(OC)cc34)CC2N1C(=O)NCc1ccccc1. The van der Waals surface area contributed by atoms with Crippen molar-refractivity contribution < 1.29 is 24.2 Å². The van der Waals surface area contributed by atoms with Crippen molar-refractivity contribution in [3.8, 4) is 11.5 Å². The first kappa shape index (κ1) is 29.8. The van der Waals surface area contributed by atoms with Gasteiger partial charge in [0.1, 0.15) is 23.7 Å². The molecular weight excluding hydrogens is 572 g/mol. The number of hydrogen-bond donors (Lipinski definition) is 3. The molecule has 1 aromatic heterocycles. The van der Waals surface area contributed by atoms with E-state index in [0.29, 0.717) is 12.3 Å². The molecule has 3 aromatic carbocycles. The van der Waals surface area contributed by atoms with Gasteiger partial charge in [-0.25, -0.2) is 14.8 Å². The monoisotopic (exact) mass is 608 g/mol. The number of aromatic nitrogens is 1. The van der Waals surface area contributed by atoms with Crippen molar-refractivity contribution >= 4 is 28.7 Å². The molecule has 11 nitrogen and oxygen atoms in total. The highest BCUT2D eigenvalue weighted by molar-refractivity contribution is 5.92. The third-order valence-electron chi connectivity index (χ3n) is 8.37. The van der Waals surface area contributed by atoms with Crippen LogP contribution in [0.5, 0.6) is 11.5 Å².